The summed E-state index contributed by atoms with van der Waals surface area (Å²) < 4.78 is 11.7. The van der Waals surface area contributed by atoms with E-state index >= 15 is 0 Å². The van der Waals surface area contributed by atoms with E-state index in [1.807, 2.05) is 30.3 Å². The molecule has 5 rings (SSSR count). The quantitative estimate of drug-likeness (QED) is 0.585. The number of hydrogen-bond acceptors (Lipinski definition) is 5. The molecule has 2 heterocycles. The molecule has 1 unspecified atom stereocenters. The van der Waals surface area contributed by atoms with Crippen LogP contribution in [0.2, 0.25) is 0 Å². The minimum absolute atomic E-state index is 0.288. The third-order valence-corrected chi connectivity index (χ3v) is 6.32. The van der Waals surface area contributed by atoms with Gasteiger partial charge >= 0.3 is 0 Å². The highest BCUT2D eigenvalue weighted by atomic mass is 16.5. The fourth-order valence-electron chi connectivity index (χ4n) is 4.71. The highest BCUT2D eigenvalue weighted by Gasteiger charge is 2.22. The van der Waals surface area contributed by atoms with Crippen molar-refractivity contribution in [2.45, 2.75) is 45.1 Å². The fraction of sp³-hybridized carbons (Fsp3) is 0.440. The summed E-state index contributed by atoms with van der Waals surface area (Å²) in [4.78, 5) is 2.67. The summed E-state index contributed by atoms with van der Waals surface area (Å²) in [6, 6.07) is 16.3. The summed E-state index contributed by atoms with van der Waals surface area (Å²) in [6.07, 6.45) is 7.76. The lowest BCUT2D eigenvalue weighted by atomic mass is 9.83. The van der Waals surface area contributed by atoms with Gasteiger partial charge in [0.1, 0.15) is 5.75 Å². The first-order valence-corrected chi connectivity index (χ1v) is 11.2. The number of nitrogens with zero attached hydrogens (tertiary/aromatic N) is 3. The minimum Gasteiger partial charge on any atom is -0.484 e. The summed E-state index contributed by atoms with van der Waals surface area (Å²) in [6.45, 7) is 4.13. The van der Waals surface area contributed by atoms with Crippen LogP contribution in [0, 0.1) is 5.92 Å². The molecule has 0 bridgehead atoms. The number of piperidine rings is 1. The SMILES string of the molecule is c1ccc(-c2nnc(COc3ccc4c(c3)CCC(CN3CCCCC3)C4)o2)cc1. The van der Waals surface area contributed by atoms with Crippen LogP contribution in [0.4, 0.5) is 0 Å². The van der Waals surface area contributed by atoms with Crippen LogP contribution in [0.25, 0.3) is 11.5 Å². The Morgan fingerprint density at radius 1 is 0.967 bits per heavy atom. The Balaban J connectivity index is 1.17. The van der Waals surface area contributed by atoms with E-state index in [4.69, 9.17) is 9.15 Å². The van der Waals surface area contributed by atoms with E-state index in [9.17, 15) is 0 Å². The highest BCUT2D eigenvalue weighted by molar-refractivity contribution is 5.51. The Kier molecular flexibility index (Phi) is 5.80. The van der Waals surface area contributed by atoms with Gasteiger partial charge in [0.2, 0.25) is 5.89 Å². The maximum atomic E-state index is 5.95. The number of rotatable bonds is 6. The van der Waals surface area contributed by atoms with Crippen LogP contribution in [0.15, 0.2) is 52.9 Å². The van der Waals surface area contributed by atoms with Crippen molar-refractivity contribution in [3.63, 3.8) is 0 Å². The largest absolute Gasteiger partial charge is 0.484 e. The van der Waals surface area contributed by atoms with Crippen molar-refractivity contribution in [2.75, 3.05) is 19.6 Å². The first-order valence-electron chi connectivity index (χ1n) is 11.2. The molecule has 1 aliphatic carbocycles. The Bertz CT molecular complexity index is 964. The van der Waals surface area contributed by atoms with Gasteiger partial charge in [-0.1, -0.05) is 30.7 Å². The molecular formula is C25H29N3O2. The smallest absolute Gasteiger partial charge is 0.254 e. The van der Waals surface area contributed by atoms with Gasteiger partial charge in [0.15, 0.2) is 6.61 Å². The number of hydrogen-bond donors (Lipinski definition) is 0. The van der Waals surface area contributed by atoms with Crippen molar-refractivity contribution >= 4 is 0 Å². The monoisotopic (exact) mass is 403 g/mol. The molecule has 5 heteroatoms. The standard InChI is InChI=1S/C25H29N3O2/c1-3-7-20(8-4-1)25-27-26-24(30-25)18-29-23-12-11-21-15-19(9-10-22(21)16-23)17-28-13-5-2-6-14-28/h1,3-4,7-8,11-12,16,19H,2,5-6,9-10,13-15,17-18H2. The van der Waals surface area contributed by atoms with Crippen LogP contribution in [-0.2, 0) is 19.4 Å². The molecule has 1 saturated heterocycles. The Morgan fingerprint density at radius 3 is 2.70 bits per heavy atom. The van der Waals surface area contributed by atoms with Crippen LogP contribution in [0.1, 0.15) is 42.7 Å². The zero-order valence-corrected chi connectivity index (χ0v) is 17.4. The van der Waals surface area contributed by atoms with Crippen LogP contribution < -0.4 is 4.74 Å². The second-order valence-electron chi connectivity index (χ2n) is 8.56. The first kappa shape index (κ1) is 19.3. The van der Waals surface area contributed by atoms with E-state index in [2.05, 4.69) is 33.3 Å². The van der Waals surface area contributed by atoms with Gasteiger partial charge in [-0.05, 0) is 86.5 Å². The van der Waals surface area contributed by atoms with E-state index in [0.29, 0.717) is 11.8 Å². The Morgan fingerprint density at radius 2 is 1.83 bits per heavy atom. The molecule has 1 atom stereocenters. The topological polar surface area (TPSA) is 51.4 Å². The van der Waals surface area contributed by atoms with Crippen molar-refractivity contribution < 1.29 is 9.15 Å². The molecule has 2 aliphatic rings. The lowest BCUT2D eigenvalue weighted by molar-refractivity contribution is 0.187. The zero-order valence-electron chi connectivity index (χ0n) is 17.4. The van der Waals surface area contributed by atoms with E-state index in [1.54, 1.807) is 0 Å². The van der Waals surface area contributed by atoms with E-state index < -0.39 is 0 Å². The maximum Gasteiger partial charge on any atom is 0.254 e. The summed E-state index contributed by atoms with van der Waals surface area (Å²) in [7, 11) is 0. The maximum absolute atomic E-state index is 5.95. The molecule has 156 valence electrons. The molecule has 3 aromatic rings. The number of aryl methyl sites for hydroxylation is 1. The summed E-state index contributed by atoms with van der Waals surface area (Å²) in [5.41, 5.74) is 3.83. The van der Waals surface area contributed by atoms with Gasteiger partial charge < -0.3 is 14.1 Å². The Hall–Kier alpha value is -2.66. The van der Waals surface area contributed by atoms with Gasteiger partial charge in [-0.15, -0.1) is 10.2 Å². The average Bonchev–Trinajstić information content (AvgIpc) is 3.28. The Labute approximate surface area is 178 Å². The van der Waals surface area contributed by atoms with Gasteiger partial charge in [0.05, 0.1) is 0 Å². The predicted molar refractivity (Wildman–Crippen MR) is 116 cm³/mol. The highest BCUT2D eigenvalue weighted by Crippen LogP contribution is 2.30. The van der Waals surface area contributed by atoms with E-state index in [-0.39, 0.29) is 6.61 Å². The molecular weight excluding hydrogens is 374 g/mol. The van der Waals surface area contributed by atoms with Gasteiger partial charge in [0.25, 0.3) is 5.89 Å². The molecule has 0 amide bonds. The number of aromatic nitrogens is 2. The molecule has 2 aromatic carbocycles. The van der Waals surface area contributed by atoms with Crippen molar-refractivity contribution in [3.8, 4) is 17.2 Å². The third-order valence-electron chi connectivity index (χ3n) is 6.32. The predicted octanol–water partition coefficient (Wildman–Crippen LogP) is 4.91. The van der Waals surface area contributed by atoms with Gasteiger partial charge in [-0.2, -0.15) is 0 Å². The molecule has 30 heavy (non-hydrogen) atoms. The van der Waals surface area contributed by atoms with Crippen molar-refractivity contribution in [2.24, 2.45) is 5.92 Å². The van der Waals surface area contributed by atoms with Crippen molar-refractivity contribution in [1.29, 1.82) is 0 Å². The van der Waals surface area contributed by atoms with Crippen LogP contribution >= 0.6 is 0 Å². The van der Waals surface area contributed by atoms with E-state index in [1.165, 1.54) is 62.9 Å². The lowest BCUT2D eigenvalue weighted by Crippen LogP contribution is -2.36. The molecule has 1 aromatic heterocycles. The van der Waals surface area contributed by atoms with Crippen molar-refractivity contribution in [3.05, 3.63) is 65.5 Å². The van der Waals surface area contributed by atoms with Gasteiger partial charge in [0, 0.05) is 12.1 Å². The second-order valence-corrected chi connectivity index (χ2v) is 8.56. The van der Waals surface area contributed by atoms with Crippen LogP contribution in [0.3, 0.4) is 0 Å². The summed E-state index contributed by atoms with van der Waals surface area (Å²) in [5, 5.41) is 8.24. The van der Waals surface area contributed by atoms with Crippen LogP contribution in [0.5, 0.6) is 5.75 Å². The number of benzene rings is 2. The van der Waals surface area contributed by atoms with Crippen molar-refractivity contribution in [1.82, 2.24) is 15.1 Å². The number of fused-ring (bicyclic) bond motifs is 1. The fourth-order valence-corrected chi connectivity index (χ4v) is 4.71. The molecule has 0 radical (unpaired) electrons. The van der Waals surface area contributed by atoms with Crippen LogP contribution in [-0.4, -0.2) is 34.7 Å². The minimum atomic E-state index is 0.288. The molecule has 0 saturated carbocycles. The second kappa shape index (κ2) is 9.00. The zero-order chi connectivity index (χ0) is 20.2. The molecule has 1 aliphatic heterocycles. The lowest BCUT2D eigenvalue weighted by Gasteiger charge is -2.33. The summed E-state index contributed by atoms with van der Waals surface area (Å²) >= 11 is 0. The number of ether oxygens (including phenoxy) is 1. The summed E-state index contributed by atoms with van der Waals surface area (Å²) in [5.74, 6) is 2.69. The number of likely N-dealkylation sites (tertiary alicyclic amines) is 1. The van der Waals surface area contributed by atoms with Gasteiger partial charge in [-0.25, -0.2) is 0 Å². The third kappa shape index (κ3) is 4.57. The van der Waals surface area contributed by atoms with E-state index in [0.717, 1.165) is 23.7 Å². The first-order chi connectivity index (χ1) is 14.8. The average molecular weight is 404 g/mol. The normalized spacial score (nSPS) is 19.4. The molecule has 1 fully saturated rings. The van der Waals surface area contributed by atoms with Gasteiger partial charge in [-0.3, -0.25) is 0 Å². The molecule has 5 nitrogen and oxygen atoms in total. The molecule has 0 N–H and O–H groups in total. The molecule has 0 spiro atoms.